The van der Waals surface area contributed by atoms with Crippen LogP contribution < -0.4 is 16.0 Å². The second kappa shape index (κ2) is 10.6. The lowest BCUT2D eigenvalue weighted by molar-refractivity contribution is -0.113. The molecule has 0 radical (unpaired) electrons. The maximum Gasteiger partial charge on any atom is 0.261 e. The first-order valence-electron chi connectivity index (χ1n) is 11.0. The Kier molecular flexibility index (Phi) is 7.89. The summed E-state index contributed by atoms with van der Waals surface area (Å²) < 4.78 is 1.74. The number of hydrogen-bond donors (Lipinski definition) is 3. The summed E-state index contributed by atoms with van der Waals surface area (Å²) in [5.41, 5.74) is 3.20. The minimum absolute atomic E-state index is 0.0862. The predicted octanol–water partition coefficient (Wildman–Crippen LogP) is 4.36. The van der Waals surface area contributed by atoms with Crippen molar-refractivity contribution in [1.29, 1.82) is 0 Å². The fraction of sp³-hybridized carbons (Fsp3) is 0.500. The van der Waals surface area contributed by atoms with Gasteiger partial charge in [-0.1, -0.05) is 57.7 Å². The molecule has 0 saturated heterocycles. The molecule has 3 aromatic rings. The number of nitrogens with zero attached hydrogens (tertiary/aromatic N) is 5. The smallest absolute Gasteiger partial charge is 0.261 e. The first kappa shape index (κ1) is 23.8. The molecule has 32 heavy (non-hydrogen) atoms. The lowest BCUT2D eigenvalue weighted by atomic mass is 9.92. The highest BCUT2D eigenvalue weighted by Crippen LogP contribution is 2.32. The van der Waals surface area contributed by atoms with Gasteiger partial charge in [0.2, 0.25) is 17.8 Å². The molecule has 1 amide bonds. The molecule has 3 rings (SSSR count). The third kappa shape index (κ3) is 5.29. The van der Waals surface area contributed by atoms with E-state index in [9.17, 15) is 4.79 Å². The van der Waals surface area contributed by atoms with Gasteiger partial charge in [0, 0.05) is 18.8 Å². The summed E-state index contributed by atoms with van der Waals surface area (Å²) in [7, 11) is 0. The van der Waals surface area contributed by atoms with Crippen LogP contribution in [-0.2, 0) is 4.79 Å². The number of para-hydroxylation sites is 1. The number of fused-ring (bicyclic) bond motifs is 1. The number of carbonyl (C=O) groups is 1. The lowest BCUT2D eigenvalue weighted by Gasteiger charge is -2.20. The molecular formula is C22H32N8OS. The van der Waals surface area contributed by atoms with Crippen LogP contribution in [-0.4, -0.2) is 49.3 Å². The van der Waals surface area contributed by atoms with E-state index >= 15 is 0 Å². The van der Waals surface area contributed by atoms with Crippen LogP contribution in [0.3, 0.4) is 0 Å². The largest absolute Gasteiger partial charge is 0.355 e. The summed E-state index contributed by atoms with van der Waals surface area (Å²) in [6.07, 6.45) is 0. The Morgan fingerprint density at radius 2 is 1.66 bits per heavy atom. The van der Waals surface area contributed by atoms with Crippen molar-refractivity contribution in [3.63, 3.8) is 0 Å². The van der Waals surface area contributed by atoms with E-state index in [0.717, 1.165) is 16.8 Å². The molecule has 9 nitrogen and oxygen atoms in total. The molecule has 0 aliphatic heterocycles. The van der Waals surface area contributed by atoms with Gasteiger partial charge in [-0.2, -0.15) is 9.97 Å². The molecule has 10 heteroatoms. The Hall–Kier alpha value is -2.88. The van der Waals surface area contributed by atoms with E-state index in [1.54, 1.807) is 4.40 Å². The minimum atomic E-state index is -0.0862. The van der Waals surface area contributed by atoms with Crippen molar-refractivity contribution in [2.24, 2.45) is 0 Å². The van der Waals surface area contributed by atoms with Crippen LogP contribution in [0.2, 0.25) is 0 Å². The Morgan fingerprint density at radius 1 is 1.00 bits per heavy atom. The van der Waals surface area contributed by atoms with Crippen LogP contribution in [0.5, 0.6) is 0 Å². The van der Waals surface area contributed by atoms with Crippen molar-refractivity contribution in [2.45, 2.75) is 58.5 Å². The van der Waals surface area contributed by atoms with Crippen LogP contribution in [0.15, 0.2) is 23.4 Å². The maximum atomic E-state index is 12.9. The number of carbonyl (C=O) groups excluding carboxylic acids is 1. The van der Waals surface area contributed by atoms with Crippen molar-refractivity contribution in [3.8, 4) is 0 Å². The second-order valence-corrected chi connectivity index (χ2v) is 8.95. The zero-order valence-corrected chi connectivity index (χ0v) is 20.4. The van der Waals surface area contributed by atoms with Gasteiger partial charge in [0.25, 0.3) is 5.78 Å². The first-order valence-corrected chi connectivity index (χ1v) is 12.0. The van der Waals surface area contributed by atoms with Gasteiger partial charge in [-0.3, -0.25) is 4.79 Å². The van der Waals surface area contributed by atoms with Crippen LogP contribution in [0, 0.1) is 0 Å². The molecule has 0 atom stereocenters. The number of hydrogen-bond acceptors (Lipinski definition) is 8. The van der Waals surface area contributed by atoms with E-state index in [1.807, 2.05) is 13.8 Å². The topological polar surface area (TPSA) is 109 Å². The number of thioether (sulfide) groups is 1. The predicted molar refractivity (Wildman–Crippen MR) is 131 cm³/mol. The molecule has 0 fully saturated rings. The quantitative estimate of drug-likeness (QED) is 0.386. The van der Waals surface area contributed by atoms with Gasteiger partial charge in [-0.05, 0) is 36.8 Å². The van der Waals surface area contributed by atoms with E-state index in [1.165, 1.54) is 11.8 Å². The number of rotatable bonds is 10. The molecule has 0 unspecified atom stereocenters. The first-order chi connectivity index (χ1) is 15.3. The van der Waals surface area contributed by atoms with E-state index in [-0.39, 0.29) is 11.7 Å². The molecule has 0 saturated carbocycles. The Labute approximate surface area is 193 Å². The van der Waals surface area contributed by atoms with E-state index in [4.69, 9.17) is 0 Å². The highest BCUT2D eigenvalue weighted by atomic mass is 32.2. The average Bonchev–Trinajstić information content (AvgIpc) is 3.15. The van der Waals surface area contributed by atoms with Gasteiger partial charge in [0.05, 0.1) is 5.75 Å². The summed E-state index contributed by atoms with van der Waals surface area (Å²) in [5, 5.41) is 18.4. The number of aromatic nitrogens is 5. The number of anilines is 3. The van der Waals surface area contributed by atoms with Gasteiger partial charge in [-0.25, -0.2) is 4.40 Å². The van der Waals surface area contributed by atoms with E-state index < -0.39 is 0 Å². The molecule has 0 aliphatic rings. The monoisotopic (exact) mass is 456 g/mol. The summed E-state index contributed by atoms with van der Waals surface area (Å²) in [6, 6.07) is 6.21. The van der Waals surface area contributed by atoms with E-state index in [2.05, 4.69) is 82.0 Å². The lowest BCUT2D eigenvalue weighted by Crippen LogP contribution is -2.18. The van der Waals surface area contributed by atoms with Crippen molar-refractivity contribution in [1.82, 2.24) is 24.6 Å². The van der Waals surface area contributed by atoms with Crippen molar-refractivity contribution in [2.75, 3.05) is 34.8 Å². The van der Waals surface area contributed by atoms with Crippen molar-refractivity contribution in [3.05, 3.63) is 29.3 Å². The number of nitrogens with one attached hydrogen (secondary N) is 3. The summed E-state index contributed by atoms with van der Waals surface area (Å²) >= 11 is 1.31. The normalized spacial score (nSPS) is 11.4. The van der Waals surface area contributed by atoms with Crippen molar-refractivity contribution >= 4 is 41.0 Å². The molecule has 0 bridgehead atoms. The molecule has 0 aliphatic carbocycles. The second-order valence-electron chi connectivity index (χ2n) is 8.01. The van der Waals surface area contributed by atoms with Crippen LogP contribution in [0.25, 0.3) is 5.78 Å². The van der Waals surface area contributed by atoms with Gasteiger partial charge in [0.1, 0.15) is 0 Å². The number of amides is 1. The molecule has 1 aromatic carbocycles. The zero-order valence-electron chi connectivity index (χ0n) is 19.6. The van der Waals surface area contributed by atoms with Crippen LogP contribution in [0.4, 0.5) is 17.6 Å². The Bertz CT molecular complexity index is 1050. The molecular weight excluding hydrogens is 424 g/mol. The van der Waals surface area contributed by atoms with Crippen LogP contribution in [0.1, 0.15) is 64.5 Å². The van der Waals surface area contributed by atoms with E-state index in [0.29, 0.717) is 47.8 Å². The number of benzene rings is 1. The standard InChI is InChI=1S/C22H32N8OS/c1-7-23-19-26-20(24-8-2)30-21(27-19)28-29-22(30)32-12-17(31)25-18-15(13(3)4)10-9-11-16(18)14(5)6/h9-11,13-14H,7-8,12H2,1-6H3,(H,25,31)(H2,23,24,26,27,28). The minimum Gasteiger partial charge on any atom is -0.355 e. The Balaban J connectivity index is 1.81. The maximum absolute atomic E-state index is 12.9. The molecule has 172 valence electrons. The highest BCUT2D eigenvalue weighted by molar-refractivity contribution is 7.99. The third-order valence-corrected chi connectivity index (χ3v) is 5.81. The van der Waals surface area contributed by atoms with Crippen molar-refractivity contribution < 1.29 is 4.79 Å². The highest BCUT2D eigenvalue weighted by Gasteiger charge is 2.18. The summed E-state index contributed by atoms with van der Waals surface area (Å²) in [5.74, 6) is 2.24. The van der Waals surface area contributed by atoms with Crippen LogP contribution >= 0.6 is 11.8 Å². The van der Waals surface area contributed by atoms with Gasteiger partial charge >= 0.3 is 0 Å². The Morgan fingerprint density at radius 3 is 2.25 bits per heavy atom. The fourth-order valence-electron chi connectivity index (χ4n) is 3.40. The van der Waals surface area contributed by atoms with Gasteiger partial charge in [-0.15, -0.1) is 10.2 Å². The molecule has 2 heterocycles. The molecule has 0 spiro atoms. The summed E-state index contributed by atoms with van der Waals surface area (Å²) in [6.45, 7) is 13.9. The molecule has 2 aromatic heterocycles. The van der Waals surface area contributed by atoms with Gasteiger partial charge in [0.15, 0.2) is 5.16 Å². The zero-order chi connectivity index (χ0) is 23.3. The van der Waals surface area contributed by atoms with Gasteiger partial charge < -0.3 is 16.0 Å². The SMILES string of the molecule is CCNc1nc(NCC)n2c(SCC(=O)Nc3c(C(C)C)cccc3C(C)C)nnc2n1. The fourth-order valence-corrected chi connectivity index (χ4v) is 4.13. The third-order valence-electron chi connectivity index (χ3n) is 4.89. The molecule has 3 N–H and O–H groups in total. The summed E-state index contributed by atoms with van der Waals surface area (Å²) in [4.78, 5) is 21.8. The average molecular weight is 457 g/mol.